The minimum absolute atomic E-state index is 0.116. The summed E-state index contributed by atoms with van der Waals surface area (Å²) in [5.41, 5.74) is 0. The number of hydrogen-bond acceptors (Lipinski definition) is 5. The van der Waals surface area contributed by atoms with Gasteiger partial charge in [-0.2, -0.15) is 0 Å². The Morgan fingerprint density at radius 2 is 2.40 bits per heavy atom. The van der Waals surface area contributed by atoms with Crippen molar-refractivity contribution in [2.24, 2.45) is 0 Å². The maximum absolute atomic E-state index is 10.3. The smallest absolute Gasteiger partial charge is 0.304 e. The van der Waals surface area contributed by atoms with Crippen molar-refractivity contribution in [2.75, 3.05) is 6.54 Å². The third kappa shape index (κ3) is 2.72. The summed E-state index contributed by atoms with van der Waals surface area (Å²) in [6.07, 6.45) is 2.38. The second-order valence-electron chi connectivity index (χ2n) is 3.59. The summed E-state index contributed by atoms with van der Waals surface area (Å²) in [4.78, 5) is 10.3. The maximum Gasteiger partial charge on any atom is 0.304 e. The van der Waals surface area contributed by atoms with Crippen molar-refractivity contribution < 1.29 is 9.90 Å². The van der Waals surface area contributed by atoms with Gasteiger partial charge in [-0.3, -0.25) is 4.79 Å². The highest BCUT2D eigenvalue weighted by Crippen LogP contribution is 2.34. The molecule has 0 atom stereocenters. The second-order valence-corrected chi connectivity index (χ2v) is 3.59. The summed E-state index contributed by atoms with van der Waals surface area (Å²) >= 11 is 0. The van der Waals surface area contributed by atoms with E-state index in [2.05, 4.69) is 20.8 Å². The van der Waals surface area contributed by atoms with Crippen LogP contribution in [0.2, 0.25) is 0 Å². The van der Waals surface area contributed by atoms with E-state index in [1.165, 1.54) is 0 Å². The molecule has 1 fully saturated rings. The van der Waals surface area contributed by atoms with Gasteiger partial charge in [0.05, 0.1) is 19.0 Å². The number of aliphatic carboxylic acids is 1. The average Bonchev–Trinajstić information content (AvgIpc) is 2.93. The lowest BCUT2D eigenvalue weighted by Crippen LogP contribution is -2.20. The molecular formula is C8H13N5O2. The Balaban J connectivity index is 1.77. The van der Waals surface area contributed by atoms with Gasteiger partial charge in [-0.25, -0.2) is 4.68 Å². The lowest BCUT2D eigenvalue weighted by Gasteiger charge is -2.03. The molecule has 2 N–H and O–H groups in total. The highest BCUT2D eigenvalue weighted by atomic mass is 16.4. The quantitative estimate of drug-likeness (QED) is 0.620. The van der Waals surface area contributed by atoms with Gasteiger partial charge in [0.25, 0.3) is 0 Å². The summed E-state index contributed by atoms with van der Waals surface area (Å²) in [7, 11) is 0. The van der Waals surface area contributed by atoms with Gasteiger partial charge < -0.3 is 10.4 Å². The molecule has 1 aromatic rings. The molecule has 0 aromatic carbocycles. The fraction of sp³-hybridized carbons (Fsp3) is 0.750. The van der Waals surface area contributed by atoms with Crippen LogP contribution in [0.4, 0.5) is 0 Å². The van der Waals surface area contributed by atoms with Gasteiger partial charge in [0.15, 0.2) is 5.82 Å². The number of nitrogens with one attached hydrogen (secondary N) is 1. The second kappa shape index (κ2) is 4.35. The van der Waals surface area contributed by atoms with Crippen molar-refractivity contribution in [3.63, 3.8) is 0 Å². The molecule has 1 saturated carbocycles. The van der Waals surface area contributed by atoms with Crippen LogP contribution in [0.3, 0.4) is 0 Å². The fourth-order valence-corrected chi connectivity index (χ4v) is 1.33. The molecule has 7 nitrogen and oxygen atoms in total. The molecule has 0 saturated heterocycles. The molecule has 15 heavy (non-hydrogen) atoms. The summed E-state index contributed by atoms with van der Waals surface area (Å²) in [5.74, 6) is -0.0211. The van der Waals surface area contributed by atoms with Crippen LogP contribution < -0.4 is 5.32 Å². The Bertz CT molecular complexity index is 347. The van der Waals surface area contributed by atoms with Crippen molar-refractivity contribution in [3.8, 4) is 0 Å². The highest BCUT2D eigenvalue weighted by molar-refractivity contribution is 5.66. The van der Waals surface area contributed by atoms with Gasteiger partial charge in [0, 0.05) is 6.54 Å². The standard InChI is InChI=1S/C8H13N5O2/c14-8(15)3-4-9-5-7-10-11-12-13(7)6-1-2-6/h6,9H,1-5H2,(H,14,15). The maximum atomic E-state index is 10.3. The fourth-order valence-electron chi connectivity index (χ4n) is 1.33. The zero-order valence-corrected chi connectivity index (χ0v) is 8.26. The van der Waals surface area contributed by atoms with Crippen molar-refractivity contribution in [2.45, 2.75) is 31.8 Å². The topological polar surface area (TPSA) is 92.9 Å². The van der Waals surface area contributed by atoms with E-state index in [1.54, 1.807) is 0 Å². The van der Waals surface area contributed by atoms with Gasteiger partial charge in [-0.05, 0) is 23.3 Å². The van der Waals surface area contributed by atoms with E-state index in [0.717, 1.165) is 18.7 Å². The minimum atomic E-state index is -0.802. The van der Waals surface area contributed by atoms with Crippen molar-refractivity contribution in [1.29, 1.82) is 0 Å². The molecule has 0 bridgehead atoms. The van der Waals surface area contributed by atoms with Crippen LogP contribution in [0.25, 0.3) is 0 Å². The number of tetrazole rings is 1. The Labute approximate surface area is 86.5 Å². The molecule has 1 aliphatic rings. The molecule has 0 aliphatic heterocycles. The third-order valence-electron chi connectivity index (χ3n) is 2.25. The molecule has 82 valence electrons. The first-order valence-electron chi connectivity index (χ1n) is 4.96. The molecule has 1 aromatic heterocycles. The minimum Gasteiger partial charge on any atom is -0.481 e. The van der Waals surface area contributed by atoms with E-state index >= 15 is 0 Å². The lowest BCUT2D eigenvalue weighted by molar-refractivity contribution is -0.136. The number of nitrogens with zero attached hydrogens (tertiary/aromatic N) is 4. The van der Waals surface area contributed by atoms with Crippen molar-refractivity contribution in [1.82, 2.24) is 25.5 Å². The summed E-state index contributed by atoms with van der Waals surface area (Å²) in [6.45, 7) is 0.962. The molecule has 0 unspecified atom stereocenters. The SMILES string of the molecule is O=C(O)CCNCc1nnnn1C1CC1. The lowest BCUT2D eigenvalue weighted by atomic mass is 10.4. The monoisotopic (exact) mass is 211 g/mol. The van der Waals surface area contributed by atoms with Gasteiger partial charge in [0.1, 0.15) is 0 Å². The molecular weight excluding hydrogens is 198 g/mol. The first-order valence-corrected chi connectivity index (χ1v) is 4.96. The van der Waals surface area contributed by atoms with Crippen molar-refractivity contribution >= 4 is 5.97 Å². The van der Waals surface area contributed by atoms with Crippen LogP contribution in [-0.2, 0) is 11.3 Å². The number of rotatable bonds is 6. The first-order chi connectivity index (χ1) is 7.27. The van der Waals surface area contributed by atoms with E-state index in [-0.39, 0.29) is 6.42 Å². The largest absolute Gasteiger partial charge is 0.481 e. The van der Waals surface area contributed by atoms with Crippen LogP contribution in [0, 0.1) is 0 Å². The van der Waals surface area contributed by atoms with E-state index in [0.29, 0.717) is 19.1 Å². The van der Waals surface area contributed by atoms with E-state index in [9.17, 15) is 4.79 Å². The third-order valence-corrected chi connectivity index (χ3v) is 2.25. The number of carboxylic acids is 1. The number of carbonyl (C=O) groups is 1. The Kier molecular flexibility index (Phi) is 2.91. The number of carboxylic acid groups (broad SMARTS) is 1. The number of aromatic nitrogens is 4. The zero-order valence-electron chi connectivity index (χ0n) is 8.26. The Hall–Kier alpha value is -1.50. The van der Waals surface area contributed by atoms with Gasteiger partial charge in [-0.1, -0.05) is 0 Å². The zero-order chi connectivity index (χ0) is 10.7. The predicted octanol–water partition coefficient (Wildman–Crippen LogP) is -0.428. The highest BCUT2D eigenvalue weighted by Gasteiger charge is 2.27. The van der Waals surface area contributed by atoms with Crippen LogP contribution in [0.1, 0.15) is 31.1 Å². The normalized spacial score (nSPS) is 15.5. The van der Waals surface area contributed by atoms with Gasteiger partial charge >= 0.3 is 5.97 Å². The first kappa shape index (κ1) is 10.0. The number of hydrogen-bond donors (Lipinski definition) is 2. The molecule has 7 heteroatoms. The molecule has 0 radical (unpaired) electrons. The summed E-state index contributed by atoms with van der Waals surface area (Å²) < 4.78 is 1.81. The predicted molar refractivity (Wildman–Crippen MR) is 50.0 cm³/mol. The van der Waals surface area contributed by atoms with Crippen molar-refractivity contribution in [3.05, 3.63) is 5.82 Å². The van der Waals surface area contributed by atoms with Crippen LogP contribution in [-0.4, -0.2) is 37.8 Å². The molecule has 0 amide bonds. The Morgan fingerprint density at radius 3 is 3.07 bits per heavy atom. The average molecular weight is 211 g/mol. The van der Waals surface area contributed by atoms with Gasteiger partial charge in [0.2, 0.25) is 0 Å². The Morgan fingerprint density at radius 1 is 1.60 bits per heavy atom. The van der Waals surface area contributed by atoms with Crippen LogP contribution in [0.5, 0.6) is 0 Å². The molecule has 1 aliphatic carbocycles. The molecule has 1 heterocycles. The van der Waals surface area contributed by atoms with E-state index < -0.39 is 5.97 Å². The summed E-state index contributed by atoms with van der Waals surface area (Å²) in [5, 5.41) is 22.8. The van der Waals surface area contributed by atoms with E-state index in [1.807, 2.05) is 4.68 Å². The molecule has 2 rings (SSSR count). The summed E-state index contributed by atoms with van der Waals surface area (Å²) in [6, 6.07) is 0.455. The van der Waals surface area contributed by atoms with E-state index in [4.69, 9.17) is 5.11 Å². The van der Waals surface area contributed by atoms with Crippen LogP contribution in [0.15, 0.2) is 0 Å². The molecule has 0 spiro atoms. The van der Waals surface area contributed by atoms with Gasteiger partial charge in [-0.15, -0.1) is 5.10 Å². The van der Waals surface area contributed by atoms with Crippen LogP contribution >= 0.6 is 0 Å².